The Morgan fingerprint density at radius 1 is 1.40 bits per heavy atom. The molecule has 0 aliphatic heterocycles. The van der Waals surface area contributed by atoms with Crippen LogP contribution in [0.3, 0.4) is 0 Å². The van der Waals surface area contributed by atoms with Gasteiger partial charge in [0.05, 0.1) is 0 Å². The zero-order chi connectivity index (χ0) is 11.1. The number of likely N-dealkylation sites (N-methyl/N-ethyl adjacent to an activating group) is 1. The summed E-state index contributed by atoms with van der Waals surface area (Å²) < 4.78 is 0. The van der Waals surface area contributed by atoms with Crippen LogP contribution in [0.1, 0.15) is 24.5 Å². The fraction of sp³-hybridized carbons (Fsp3) is 0.727. The molecule has 1 N–H and O–H groups in total. The Labute approximate surface area is 96.5 Å². The lowest BCUT2D eigenvalue weighted by molar-refractivity contribution is 0.302. The number of rotatable bonds is 7. The molecule has 0 aliphatic carbocycles. The van der Waals surface area contributed by atoms with Crippen molar-refractivity contribution in [3.8, 4) is 0 Å². The molecule has 0 aliphatic rings. The Hall–Kier alpha value is -0.450. The topological polar surface area (TPSA) is 28.2 Å². The third-order valence-electron chi connectivity index (χ3n) is 2.44. The van der Waals surface area contributed by atoms with Gasteiger partial charge >= 0.3 is 0 Å². The molecule has 4 heteroatoms. The van der Waals surface area contributed by atoms with Gasteiger partial charge in [-0.2, -0.15) is 0 Å². The molecule has 1 heterocycles. The summed E-state index contributed by atoms with van der Waals surface area (Å²) in [6, 6.07) is 0. The van der Waals surface area contributed by atoms with Gasteiger partial charge in [-0.05, 0) is 20.0 Å². The van der Waals surface area contributed by atoms with Crippen LogP contribution in [-0.2, 0) is 6.54 Å². The van der Waals surface area contributed by atoms with Crippen LogP contribution in [-0.4, -0.2) is 36.1 Å². The molecule has 3 nitrogen and oxygen atoms in total. The number of hydrogen-bond acceptors (Lipinski definition) is 4. The summed E-state index contributed by atoms with van der Waals surface area (Å²) >= 11 is 1.73. The molecule has 1 rings (SSSR count). The molecule has 0 bridgehead atoms. The fourth-order valence-electron chi connectivity index (χ4n) is 1.46. The normalized spacial score (nSPS) is 11.2. The van der Waals surface area contributed by atoms with Gasteiger partial charge in [-0.1, -0.05) is 13.8 Å². The predicted molar refractivity (Wildman–Crippen MR) is 66.3 cm³/mol. The molecular formula is C11H21N3S. The molecule has 1 aromatic rings. The van der Waals surface area contributed by atoms with E-state index in [1.807, 2.05) is 6.92 Å². The van der Waals surface area contributed by atoms with Gasteiger partial charge in [0, 0.05) is 30.7 Å². The van der Waals surface area contributed by atoms with E-state index in [4.69, 9.17) is 0 Å². The van der Waals surface area contributed by atoms with Crippen molar-refractivity contribution >= 4 is 11.3 Å². The Morgan fingerprint density at radius 3 is 2.67 bits per heavy atom. The maximum atomic E-state index is 4.41. The number of aryl methyl sites for hydroxylation is 1. The number of aromatic nitrogens is 1. The van der Waals surface area contributed by atoms with Crippen molar-refractivity contribution in [1.82, 2.24) is 15.2 Å². The lowest BCUT2D eigenvalue weighted by Crippen LogP contribution is -2.31. The van der Waals surface area contributed by atoms with Gasteiger partial charge in [0.1, 0.15) is 5.01 Å². The number of thiazole rings is 1. The van der Waals surface area contributed by atoms with E-state index < -0.39 is 0 Å². The van der Waals surface area contributed by atoms with Crippen molar-refractivity contribution in [2.24, 2.45) is 0 Å². The summed E-state index contributed by atoms with van der Waals surface area (Å²) in [5.41, 5.74) is 1.13. The van der Waals surface area contributed by atoms with Crippen molar-refractivity contribution in [2.45, 2.75) is 27.3 Å². The number of hydrogen-bond donors (Lipinski definition) is 1. The van der Waals surface area contributed by atoms with Crippen molar-refractivity contribution < 1.29 is 0 Å². The average molecular weight is 227 g/mol. The van der Waals surface area contributed by atoms with Crippen LogP contribution in [0.25, 0.3) is 0 Å². The molecule has 0 amide bonds. The van der Waals surface area contributed by atoms with E-state index in [9.17, 15) is 0 Å². The highest BCUT2D eigenvalue weighted by molar-refractivity contribution is 7.09. The van der Waals surface area contributed by atoms with Crippen LogP contribution in [0.15, 0.2) is 5.38 Å². The van der Waals surface area contributed by atoms with Gasteiger partial charge in [-0.25, -0.2) is 4.98 Å². The summed E-state index contributed by atoms with van der Waals surface area (Å²) in [5.74, 6) is 0. The summed E-state index contributed by atoms with van der Waals surface area (Å²) in [6.45, 7) is 11.8. The highest BCUT2D eigenvalue weighted by atomic mass is 32.1. The Kier molecular flexibility index (Phi) is 5.83. The number of nitrogens with zero attached hydrogens (tertiary/aromatic N) is 2. The van der Waals surface area contributed by atoms with Gasteiger partial charge in [0.2, 0.25) is 0 Å². The molecule has 0 unspecified atom stereocenters. The molecule has 0 aromatic carbocycles. The smallest absolute Gasteiger partial charge is 0.107 e. The second-order valence-electron chi connectivity index (χ2n) is 3.59. The summed E-state index contributed by atoms with van der Waals surface area (Å²) in [7, 11) is 0. The first-order valence-corrected chi connectivity index (χ1v) is 6.48. The minimum absolute atomic E-state index is 0.903. The third kappa shape index (κ3) is 4.73. The van der Waals surface area contributed by atoms with Crippen molar-refractivity contribution in [2.75, 3.05) is 26.2 Å². The van der Waals surface area contributed by atoms with Gasteiger partial charge in [-0.15, -0.1) is 11.3 Å². The van der Waals surface area contributed by atoms with E-state index in [-0.39, 0.29) is 0 Å². The number of nitrogens with one attached hydrogen (secondary N) is 1. The van der Waals surface area contributed by atoms with E-state index >= 15 is 0 Å². The van der Waals surface area contributed by atoms with Crippen molar-refractivity contribution in [1.29, 1.82) is 0 Å². The third-order valence-corrected chi connectivity index (χ3v) is 3.41. The second-order valence-corrected chi connectivity index (χ2v) is 4.53. The summed E-state index contributed by atoms with van der Waals surface area (Å²) in [5, 5.41) is 6.71. The maximum absolute atomic E-state index is 4.41. The zero-order valence-corrected chi connectivity index (χ0v) is 10.7. The Balaban J connectivity index is 2.11. The molecule has 15 heavy (non-hydrogen) atoms. The Bertz CT molecular complexity index is 269. The molecule has 0 radical (unpaired) electrons. The van der Waals surface area contributed by atoms with Crippen molar-refractivity contribution in [3.63, 3.8) is 0 Å². The fourth-order valence-corrected chi connectivity index (χ4v) is 2.20. The Morgan fingerprint density at radius 2 is 2.13 bits per heavy atom. The molecule has 86 valence electrons. The molecule has 0 spiro atoms. The van der Waals surface area contributed by atoms with Crippen LogP contribution in [0.4, 0.5) is 0 Å². The summed E-state index contributed by atoms with van der Waals surface area (Å²) in [6.07, 6.45) is 0. The quantitative estimate of drug-likeness (QED) is 0.721. The van der Waals surface area contributed by atoms with Crippen LogP contribution >= 0.6 is 11.3 Å². The highest BCUT2D eigenvalue weighted by Gasteiger charge is 1.99. The molecule has 0 fully saturated rings. The van der Waals surface area contributed by atoms with E-state index in [1.54, 1.807) is 11.3 Å². The van der Waals surface area contributed by atoms with Gasteiger partial charge < -0.3 is 10.2 Å². The average Bonchev–Trinajstić information content (AvgIpc) is 2.65. The van der Waals surface area contributed by atoms with Gasteiger partial charge in [0.25, 0.3) is 0 Å². The second kappa shape index (κ2) is 6.93. The minimum atomic E-state index is 0.903. The van der Waals surface area contributed by atoms with E-state index in [1.165, 1.54) is 5.01 Å². The van der Waals surface area contributed by atoms with Crippen LogP contribution in [0, 0.1) is 6.92 Å². The highest BCUT2D eigenvalue weighted by Crippen LogP contribution is 2.07. The van der Waals surface area contributed by atoms with Gasteiger partial charge in [-0.3, -0.25) is 0 Å². The standard InChI is InChI=1S/C11H21N3S/c1-4-14(5-2)7-6-12-8-11-13-10(3)9-15-11/h9,12H,4-8H2,1-3H3. The molecule has 0 saturated heterocycles. The van der Waals surface area contributed by atoms with E-state index in [0.717, 1.165) is 38.4 Å². The first-order chi connectivity index (χ1) is 7.26. The van der Waals surface area contributed by atoms with Crippen LogP contribution < -0.4 is 5.32 Å². The first kappa shape index (κ1) is 12.6. The molecular weight excluding hydrogens is 206 g/mol. The minimum Gasteiger partial charge on any atom is -0.309 e. The van der Waals surface area contributed by atoms with E-state index in [0.29, 0.717) is 0 Å². The lowest BCUT2D eigenvalue weighted by Gasteiger charge is -2.17. The molecule has 0 saturated carbocycles. The van der Waals surface area contributed by atoms with Crippen LogP contribution in [0.2, 0.25) is 0 Å². The van der Waals surface area contributed by atoms with E-state index in [2.05, 4.69) is 34.4 Å². The van der Waals surface area contributed by atoms with Crippen LogP contribution in [0.5, 0.6) is 0 Å². The van der Waals surface area contributed by atoms with Gasteiger partial charge in [0.15, 0.2) is 0 Å². The monoisotopic (exact) mass is 227 g/mol. The summed E-state index contributed by atoms with van der Waals surface area (Å²) in [4.78, 5) is 6.83. The molecule has 0 atom stereocenters. The first-order valence-electron chi connectivity index (χ1n) is 5.60. The lowest BCUT2D eigenvalue weighted by atomic mass is 10.4. The maximum Gasteiger partial charge on any atom is 0.107 e. The largest absolute Gasteiger partial charge is 0.309 e. The SMILES string of the molecule is CCN(CC)CCNCc1nc(C)cs1. The predicted octanol–water partition coefficient (Wildman–Crippen LogP) is 1.88. The van der Waals surface area contributed by atoms with Crippen molar-refractivity contribution in [3.05, 3.63) is 16.1 Å². The zero-order valence-electron chi connectivity index (χ0n) is 9.92. The molecule has 1 aromatic heterocycles.